The maximum atomic E-state index is 10.8. The molecule has 2 heteroatoms. The molecule has 0 atom stereocenters. The maximum absolute atomic E-state index is 10.8. The molecule has 1 aromatic rings. The van der Waals surface area contributed by atoms with Crippen molar-refractivity contribution >= 4 is 5.78 Å². The smallest absolute Gasteiger partial charge is 0.134 e. The number of nitrogens with zero attached hydrogens (tertiary/aromatic N) is 1. The van der Waals surface area contributed by atoms with Crippen LogP contribution >= 0.6 is 0 Å². The van der Waals surface area contributed by atoms with E-state index in [9.17, 15) is 4.79 Å². The van der Waals surface area contributed by atoms with Crippen LogP contribution in [0.5, 0.6) is 0 Å². The molecule has 1 aliphatic carbocycles. The summed E-state index contributed by atoms with van der Waals surface area (Å²) in [5.41, 5.74) is 1.80. The number of carbonyl (C=O) groups is 1. The van der Waals surface area contributed by atoms with Crippen LogP contribution in [0.1, 0.15) is 29.9 Å². The summed E-state index contributed by atoms with van der Waals surface area (Å²) in [6, 6.07) is 9.61. The molecule has 0 unspecified atom stereocenters. The van der Waals surface area contributed by atoms with Crippen LogP contribution in [0.3, 0.4) is 0 Å². The first-order chi connectivity index (χ1) is 6.29. The fourth-order valence-corrected chi connectivity index (χ4v) is 1.59. The van der Waals surface area contributed by atoms with Gasteiger partial charge in [0.25, 0.3) is 0 Å². The SMILES string of the molecule is N#Cc1cccc(C2CC(=O)C2)c1. The number of nitriles is 1. The van der Waals surface area contributed by atoms with Gasteiger partial charge in [-0.3, -0.25) is 4.79 Å². The summed E-state index contributed by atoms with van der Waals surface area (Å²) in [5, 5.41) is 8.67. The fourth-order valence-electron chi connectivity index (χ4n) is 1.59. The molecule has 0 radical (unpaired) electrons. The summed E-state index contributed by atoms with van der Waals surface area (Å²) >= 11 is 0. The zero-order valence-corrected chi connectivity index (χ0v) is 7.16. The van der Waals surface area contributed by atoms with Crippen LogP contribution in [0.4, 0.5) is 0 Å². The monoisotopic (exact) mass is 171 g/mol. The third kappa shape index (κ3) is 1.46. The lowest BCUT2D eigenvalue weighted by Crippen LogP contribution is -2.21. The molecule has 0 amide bonds. The Balaban J connectivity index is 2.22. The molecule has 2 rings (SSSR count). The Hall–Kier alpha value is -1.62. The summed E-state index contributed by atoms with van der Waals surface area (Å²) in [4.78, 5) is 10.8. The van der Waals surface area contributed by atoms with Crippen LogP contribution in [0, 0.1) is 11.3 Å². The maximum Gasteiger partial charge on any atom is 0.134 e. The van der Waals surface area contributed by atoms with Crippen LogP contribution in [-0.4, -0.2) is 5.78 Å². The Morgan fingerprint density at radius 3 is 2.77 bits per heavy atom. The van der Waals surface area contributed by atoms with E-state index in [1.54, 1.807) is 6.07 Å². The predicted octanol–water partition coefficient (Wildman–Crippen LogP) is 2.00. The largest absolute Gasteiger partial charge is 0.300 e. The zero-order chi connectivity index (χ0) is 9.26. The number of benzene rings is 1. The van der Waals surface area contributed by atoms with E-state index in [1.807, 2.05) is 18.2 Å². The third-order valence-electron chi connectivity index (χ3n) is 2.44. The van der Waals surface area contributed by atoms with Gasteiger partial charge in [-0.2, -0.15) is 5.26 Å². The summed E-state index contributed by atoms with van der Waals surface area (Å²) in [6.45, 7) is 0. The van der Waals surface area contributed by atoms with E-state index < -0.39 is 0 Å². The lowest BCUT2D eigenvalue weighted by atomic mass is 9.78. The third-order valence-corrected chi connectivity index (χ3v) is 2.44. The average molecular weight is 171 g/mol. The van der Waals surface area contributed by atoms with Crippen LogP contribution in [-0.2, 0) is 4.79 Å². The van der Waals surface area contributed by atoms with Gasteiger partial charge >= 0.3 is 0 Å². The number of rotatable bonds is 1. The summed E-state index contributed by atoms with van der Waals surface area (Å²) in [5.74, 6) is 0.688. The Morgan fingerprint density at radius 2 is 2.15 bits per heavy atom. The first-order valence-corrected chi connectivity index (χ1v) is 4.31. The van der Waals surface area contributed by atoms with Crippen molar-refractivity contribution in [3.8, 4) is 6.07 Å². The van der Waals surface area contributed by atoms with Gasteiger partial charge in [-0.1, -0.05) is 12.1 Å². The summed E-state index contributed by atoms with van der Waals surface area (Å²) < 4.78 is 0. The lowest BCUT2D eigenvalue weighted by molar-refractivity contribution is -0.124. The highest BCUT2D eigenvalue weighted by atomic mass is 16.1. The molecule has 64 valence electrons. The van der Waals surface area contributed by atoms with E-state index in [0.717, 1.165) is 5.56 Å². The number of ketones is 1. The van der Waals surface area contributed by atoms with Gasteiger partial charge in [0.15, 0.2) is 0 Å². The van der Waals surface area contributed by atoms with Crippen molar-refractivity contribution in [2.45, 2.75) is 18.8 Å². The molecule has 1 aliphatic rings. The van der Waals surface area contributed by atoms with Crippen LogP contribution < -0.4 is 0 Å². The summed E-state index contributed by atoms with van der Waals surface area (Å²) in [6.07, 6.45) is 1.30. The van der Waals surface area contributed by atoms with E-state index in [4.69, 9.17) is 5.26 Å². The zero-order valence-electron chi connectivity index (χ0n) is 7.16. The average Bonchev–Trinajstić information content (AvgIpc) is 2.13. The molecule has 0 N–H and O–H groups in total. The van der Waals surface area contributed by atoms with Gasteiger partial charge in [0.1, 0.15) is 5.78 Å². The van der Waals surface area contributed by atoms with Gasteiger partial charge in [-0.15, -0.1) is 0 Å². The minimum atomic E-state index is 0.326. The van der Waals surface area contributed by atoms with E-state index >= 15 is 0 Å². The van der Waals surface area contributed by atoms with E-state index in [0.29, 0.717) is 30.1 Å². The topological polar surface area (TPSA) is 40.9 Å². The van der Waals surface area contributed by atoms with E-state index in [2.05, 4.69) is 6.07 Å². The Labute approximate surface area is 76.8 Å². The van der Waals surface area contributed by atoms with Crippen molar-refractivity contribution in [2.75, 3.05) is 0 Å². The molecule has 1 fully saturated rings. The molecule has 0 aliphatic heterocycles. The molecule has 1 aromatic carbocycles. The lowest BCUT2D eigenvalue weighted by Gasteiger charge is -2.24. The van der Waals surface area contributed by atoms with Crippen LogP contribution in [0.15, 0.2) is 24.3 Å². The summed E-state index contributed by atoms with van der Waals surface area (Å²) in [7, 11) is 0. The van der Waals surface area contributed by atoms with Gasteiger partial charge in [-0.05, 0) is 23.6 Å². The van der Waals surface area contributed by atoms with Crippen molar-refractivity contribution in [1.29, 1.82) is 5.26 Å². The first kappa shape index (κ1) is 8.00. The molecular weight excluding hydrogens is 162 g/mol. The highest BCUT2D eigenvalue weighted by molar-refractivity contribution is 5.86. The second-order valence-electron chi connectivity index (χ2n) is 3.38. The van der Waals surface area contributed by atoms with Gasteiger partial charge in [0.05, 0.1) is 11.6 Å². The van der Waals surface area contributed by atoms with Crippen molar-refractivity contribution in [3.63, 3.8) is 0 Å². The van der Waals surface area contributed by atoms with Gasteiger partial charge in [0.2, 0.25) is 0 Å². The highest BCUT2D eigenvalue weighted by Crippen LogP contribution is 2.33. The first-order valence-electron chi connectivity index (χ1n) is 4.31. The van der Waals surface area contributed by atoms with Crippen molar-refractivity contribution in [3.05, 3.63) is 35.4 Å². The number of Topliss-reactive ketones (excluding diaryl/α,β-unsaturated/α-hetero) is 1. The molecule has 13 heavy (non-hydrogen) atoms. The molecule has 0 heterocycles. The molecule has 0 spiro atoms. The number of hydrogen-bond donors (Lipinski definition) is 0. The van der Waals surface area contributed by atoms with E-state index in [1.165, 1.54) is 0 Å². The van der Waals surface area contributed by atoms with E-state index in [-0.39, 0.29) is 0 Å². The second-order valence-corrected chi connectivity index (χ2v) is 3.38. The minimum absolute atomic E-state index is 0.326. The van der Waals surface area contributed by atoms with Crippen molar-refractivity contribution < 1.29 is 4.79 Å². The second kappa shape index (κ2) is 3.02. The molecular formula is C11H9NO. The minimum Gasteiger partial charge on any atom is -0.300 e. The quantitative estimate of drug-likeness (QED) is 0.648. The number of carbonyl (C=O) groups excluding carboxylic acids is 1. The molecule has 2 nitrogen and oxygen atoms in total. The normalized spacial score (nSPS) is 16.4. The molecule has 1 saturated carbocycles. The molecule has 0 saturated heterocycles. The Bertz CT molecular complexity index is 381. The Morgan fingerprint density at radius 1 is 1.38 bits per heavy atom. The van der Waals surface area contributed by atoms with Gasteiger partial charge in [0, 0.05) is 12.8 Å². The van der Waals surface area contributed by atoms with Gasteiger partial charge in [-0.25, -0.2) is 0 Å². The fraction of sp³-hybridized carbons (Fsp3) is 0.273. The Kier molecular flexibility index (Phi) is 1.86. The number of hydrogen-bond acceptors (Lipinski definition) is 2. The highest BCUT2D eigenvalue weighted by Gasteiger charge is 2.27. The standard InChI is InChI=1S/C11H9NO/c12-7-8-2-1-3-9(4-8)10-5-11(13)6-10/h1-4,10H,5-6H2. The van der Waals surface area contributed by atoms with Crippen molar-refractivity contribution in [2.24, 2.45) is 0 Å². The predicted molar refractivity (Wildman–Crippen MR) is 48.1 cm³/mol. The van der Waals surface area contributed by atoms with Gasteiger partial charge < -0.3 is 0 Å². The van der Waals surface area contributed by atoms with Crippen LogP contribution in [0.25, 0.3) is 0 Å². The molecule has 0 aromatic heterocycles. The van der Waals surface area contributed by atoms with Crippen LogP contribution in [0.2, 0.25) is 0 Å². The molecule has 0 bridgehead atoms. The van der Waals surface area contributed by atoms with Crippen molar-refractivity contribution in [1.82, 2.24) is 0 Å².